The van der Waals surface area contributed by atoms with Gasteiger partial charge in [-0.15, -0.1) is 0 Å². The second-order valence-electron chi connectivity index (χ2n) is 4.24. The second-order valence-corrected chi connectivity index (χ2v) is 6.62. The number of sulfonamides is 1. The molecule has 1 aromatic rings. The summed E-state index contributed by atoms with van der Waals surface area (Å²) in [6, 6.07) is 3.23. The first-order valence-electron chi connectivity index (χ1n) is 5.57. The van der Waals surface area contributed by atoms with E-state index in [1.54, 1.807) is 0 Å². The first-order valence-corrected chi connectivity index (χ1v) is 7.38. The molecule has 1 heterocycles. The topological polar surface area (TPSA) is 49.4 Å². The third-order valence-electron chi connectivity index (χ3n) is 3.10. The first-order chi connectivity index (χ1) is 8.43. The quantitative estimate of drug-likeness (QED) is 0.918. The van der Waals surface area contributed by atoms with Gasteiger partial charge in [-0.1, -0.05) is 11.6 Å². The number of halogens is 2. The molecule has 4 nitrogen and oxygen atoms in total. The maximum absolute atomic E-state index is 13.2. The molecule has 7 heteroatoms. The van der Waals surface area contributed by atoms with Crippen LogP contribution >= 0.6 is 11.6 Å². The Kier molecular flexibility index (Phi) is 3.91. The van der Waals surface area contributed by atoms with E-state index in [4.69, 9.17) is 11.6 Å². The summed E-state index contributed by atoms with van der Waals surface area (Å²) in [7, 11) is -2.26. The van der Waals surface area contributed by atoms with Crippen molar-refractivity contribution in [1.82, 2.24) is 9.62 Å². The highest BCUT2D eigenvalue weighted by Gasteiger charge is 2.31. The van der Waals surface area contributed by atoms with Gasteiger partial charge in [-0.05, 0) is 31.2 Å². The number of nitrogens with one attached hydrogen (secondary N) is 1. The van der Waals surface area contributed by atoms with Gasteiger partial charge in [0, 0.05) is 19.6 Å². The summed E-state index contributed by atoms with van der Waals surface area (Å²) in [5, 5.41) is 3.13. The molecule has 0 saturated carbocycles. The lowest BCUT2D eigenvalue weighted by Crippen LogP contribution is -2.38. The van der Waals surface area contributed by atoms with E-state index in [2.05, 4.69) is 5.32 Å². The van der Waals surface area contributed by atoms with Gasteiger partial charge in [0.15, 0.2) is 0 Å². The SMILES string of the molecule is CN(C1CCNC1)S(=O)(=O)c1cc(F)ccc1Cl. The average molecular weight is 293 g/mol. The monoisotopic (exact) mass is 292 g/mol. The highest BCUT2D eigenvalue weighted by atomic mass is 35.5. The Morgan fingerprint density at radius 2 is 2.22 bits per heavy atom. The average Bonchev–Trinajstić information content (AvgIpc) is 2.84. The van der Waals surface area contributed by atoms with Crippen LogP contribution in [-0.4, -0.2) is 38.9 Å². The number of benzene rings is 1. The van der Waals surface area contributed by atoms with Crippen molar-refractivity contribution in [3.05, 3.63) is 29.0 Å². The maximum atomic E-state index is 13.2. The highest BCUT2D eigenvalue weighted by Crippen LogP contribution is 2.26. The molecule has 1 aliphatic rings. The molecule has 0 radical (unpaired) electrons. The molecule has 18 heavy (non-hydrogen) atoms. The summed E-state index contributed by atoms with van der Waals surface area (Å²) in [4.78, 5) is -0.182. The smallest absolute Gasteiger partial charge is 0.244 e. The summed E-state index contributed by atoms with van der Waals surface area (Å²) >= 11 is 5.84. The summed E-state index contributed by atoms with van der Waals surface area (Å²) in [6.07, 6.45) is 0.739. The lowest BCUT2D eigenvalue weighted by molar-refractivity contribution is 0.387. The predicted octanol–water partition coefficient (Wildman–Crippen LogP) is 1.46. The second kappa shape index (κ2) is 5.13. The zero-order valence-electron chi connectivity index (χ0n) is 9.86. The Morgan fingerprint density at radius 3 is 2.83 bits per heavy atom. The maximum Gasteiger partial charge on any atom is 0.244 e. The van der Waals surface area contributed by atoms with Crippen molar-refractivity contribution in [2.75, 3.05) is 20.1 Å². The Balaban J connectivity index is 2.37. The van der Waals surface area contributed by atoms with Crippen molar-refractivity contribution in [1.29, 1.82) is 0 Å². The third kappa shape index (κ3) is 2.51. The van der Waals surface area contributed by atoms with Crippen molar-refractivity contribution in [3.8, 4) is 0 Å². The van der Waals surface area contributed by atoms with E-state index in [1.807, 2.05) is 0 Å². The van der Waals surface area contributed by atoms with Gasteiger partial charge in [-0.3, -0.25) is 0 Å². The van der Waals surface area contributed by atoms with E-state index in [-0.39, 0.29) is 16.0 Å². The van der Waals surface area contributed by atoms with Crippen molar-refractivity contribution >= 4 is 21.6 Å². The van der Waals surface area contributed by atoms with Gasteiger partial charge < -0.3 is 5.32 Å². The number of hydrogen-bond donors (Lipinski definition) is 1. The minimum atomic E-state index is -3.75. The van der Waals surface area contributed by atoms with Crippen LogP contribution < -0.4 is 5.32 Å². The van der Waals surface area contributed by atoms with Crippen molar-refractivity contribution in [2.24, 2.45) is 0 Å². The molecule has 1 aromatic carbocycles. The normalized spacial score (nSPS) is 20.6. The lowest BCUT2D eigenvalue weighted by atomic mass is 10.3. The van der Waals surface area contributed by atoms with E-state index >= 15 is 0 Å². The molecule has 100 valence electrons. The third-order valence-corrected chi connectivity index (χ3v) is 5.49. The van der Waals surface area contributed by atoms with Crippen molar-refractivity contribution < 1.29 is 12.8 Å². The van der Waals surface area contributed by atoms with Gasteiger partial charge in [-0.2, -0.15) is 4.31 Å². The minimum Gasteiger partial charge on any atom is -0.315 e. The molecular weight excluding hydrogens is 279 g/mol. The van der Waals surface area contributed by atoms with Crippen molar-refractivity contribution in [3.63, 3.8) is 0 Å². The molecule has 0 spiro atoms. The van der Waals surface area contributed by atoms with Crippen LogP contribution in [0.3, 0.4) is 0 Å². The fourth-order valence-corrected chi connectivity index (χ4v) is 3.84. The van der Waals surface area contributed by atoms with Crippen LogP contribution in [0.4, 0.5) is 4.39 Å². The molecule has 1 N–H and O–H groups in total. The van der Waals surface area contributed by atoms with E-state index < -0.39 is 15.8 Å². The Hall–Kier alpha value is -0.690. The van der Waals surface area contributed by atoms with Crippen LogP contribution in [0.5, 0.6) is 0 Å². The molecule has 0 bridgehead atoms. The molecule has 0 aliphatic carbocycles. The number of hydrogen-bond acceptors (Lipinski definition) is 3. The molecule has 0 amide bonds. The van der Waals surface area contributed by atoms with Crippen molar-refractivity contribution in [2.45, 2.75) is 17.4 Å². The molecular formula is C11H14ClFN2O2S. The van der Waals surface area contributed by atoms with Crippen LogP contribution in [0.25, 0.3) is 0 Å². The van der Waals surface area contributed by atoms with Crippen LogP contribution in [0.2, 0.25) is 5.02 Å². The van der Waals surface area contributed by atoms with Gasteiger partial charge in [0.2, 0.25) is 10.0 Å². The molecule has 1 atom stereocenters. The fourth-order valence-electron chi connectivity index (χ4n) is 1.98. The van der Waals surface area contributed by atoms with Gasteiger partial charge in [0.25, 0.3) is 0 Å². The van der Waals surface area contributed by atoms with E-state index in [0.29, 0.717) is 6.54 Å². The lowest BCUT2D eigenvalue weighted by Gasteiger charge is -2.23. The molecule has 1 saturated heterocycles. The van der Waals surface area contributed by atoms with E-state index in [0.717, 1.165) is 25.1 Å². The van der Waals surface area contributed by atoms with Crippen LogP contribution in [0.15, 0.2) is 23.1 Å². The van der Waals surface area contributed by atoms with Crippen LogP contribution in [0, 0.1) is 5.82 Å². The van der Waals surface area contributed by atoms with Crippen LogP contribution in [0.1, 0.15) is 6.42 Å². The summed E-state index contributed by atoms with van der Waals surface area (Å²) < 4.78 is 39.1. The fraction of sp³-hybridized carbons (Fsp3) is 0.455. The molecule has 2 rings (SSSR count). The largest absolute Gasteiger partial charge is 0.315 e. The summed E-state index contributed by atoms with van der Waals surface area (Å²) in [6.45, 7) is 1.38. The molecule has 1 fully saturated rings. The Bertz CT molecular complexity index is 544. The standard InChI is InChI=1S/C11H14ClFN2O2S/c1-15(9-4-5-14-7-9)18(16,17)11-6-8(13)2-3-10(11)12/h2-3,6,9,14H,4-5,7H2,1H3. The zero-order chi connectivity index (χ0) is 13.3. The Labute approximate surface area is 111 Å². The molecule has 1 unspecified atom stereocenters. The van der Waals surface area contributed by atoms with E-state index in [9.17, 15) is 12.8 Å². The number of rotatable bonds is 3. The number of nitrogens with zero attached hydrogens (tertiary/aromatic N) is 1. The molecule has 1 aliphatic heterocycles. The van der Waals surface area contributed by atoms with Gasteiger partial charge in [0.05, 0.1) is 5.02 Å². The van der Waals surface area contributed by atoms with Crippen LogP contribution in [-0.2, 0) is 10.0 Å². The Morgan fingerprint density at radius 1 is 1.50 bits per heavy atom. The number of likely N-dealkylation sites (N-methyl/N-ethyl adjacent to an activating group) is 1. The first kappa shape index (κ1) is 13.7. The predicted molar refractivity (Wildman–Crippen MR) is 67.6 cm³/mol. The van der Waals surface area contributed by atoms with E-state index in [1.165, 1.54) is 17.4 Å². The highest BCUT2D eigenvalue weighted by molar-refractivity contribution is 7.89. The van der Waals surface area contributed by atoms with Gasteiger partial charge in [0.1, 0.15) is 10.7 Å². The summed E-state index contributed by atoms with van der Waals surface area (Å²) in [5.74, 6) is -0.615. The molecule has 0 aromatic heterocycles. The zero-order valence-corrected chi connectivity index (χ0v) is 11.4. The van der Waals surface area contributed by atoms with Gasteiger partial charge in [-0.25, -0.2) is 12.8 Å². The minimum absolute atomic E-state index is 0.0363. The summed E-state index contributed by atoms with van der Waals surface area (Å²) in [5.41, 5.74) is 0. The van der Waals surface area contributed by atoms with Gasteiger partial charge >= 0.3 is 0 Å².